The van der Waals surface area contributed by atoms with E-state index >= 15 is 0 Å². The zero-order valence-corrected chi connectivity index (χ0v) is 6.45. The van der Waals surface area contributed by atoms with Crippen molar-refractivity contribution in [3.63, 3.8) is 0 Å². The monoisotopic (exact) mass is 160 g/mol. The first-order chi connectivity index (χ1) is 5.79. The predicted molar refractivity (Wildman–Crippen MR) is 47.0 cm³/mol. The molecule has 1 aliphatic carbocycles. The van der Waals surface area contributed by atoms with E-state index in [1.54, 1.807) is 18.2 Å². The summed E-state index contributed by atoms with van der Waals surface area (Å²) in [7, 11) is 0. The van der Waals surface area contributed by atoms with Gasteiger partial charge in [-0.15, -0.1) is 0 Å². The predicted octanol–water partition coefficient (Wildman–Crippen LogP) is 1.54. The van der Waals surface area contributed by atoms with E-state index in [2.05, 4.69) is 0 Å². The minimum Gasteiger partial charge on any atom is -0.504 e. The maximum atomic E-state index is 11.1. The van der Waals surface area contributed by atoms with Gasteiger partial charge in [0.25, 0.3) is 0 Å². The van der Waals surface area contributed by atoms with Crippen molar-refractivity contribution in [2.45, 2.75) is 6.42 Å². The van der Waals surface area contributed by atoms with Crippen molar-refractivity contribution in [2.24, 2.45) is 0 Å². The van der Waals surface area contributed by atoms with E-state index in [9.17, 15) is 9.90 Å². The molecular weight excluding hydrogens is 152 g/mol. The van der Waals surface area contributed by atoms with Crippen LogP contribution in [0, 0.1) is 0 Å². The van der Waals surface area contributed by atoms with Crippen molar-refractivity contribution < 1.29 is 5.11 Å². The smallest absolute Gasteiger partial charge is 0.220 e. The molecule has 12 heavy (non-hydrogen) atoms. The minimum atomic E-state index is -0.317. The molecule has 60 valence electrons. The van der Waals surface area contributed by atoms with E-state index in [1.165, 1.54) is 6.07 Å². The Hall–Kier alpha value is -1.57. The van der Waals surface area contributed by atoms with Gasteiger partial charge < -0.3 is 5.11 Å². The largest absolute Gasteiger partial charge is 0.504 e. The van der Waals surface area contributed by atoms with E-state index in [1.807, 2.05) is 6.08 Å². The highest BCUT2D eigenvalue weighted by Gasteiger charge is 2.14. The van der Waals surface area contributed by atoms with Gasteiger partial charge in [-0.25, -0.2) is 0 Å². The molecule has 0 radical (unpaired) electrons. The molecule has 2 nitrogen and oxygen atoms in total. The van der Waals surface area contributed by atoms with Crippen LogP contribution < -0.4 is 5.43 Å². The molecule has 0 atom stereocenters. The molecule has 0 spiro atoms. The third-order valence-electron chi connectivity index (χ3n) is 1.86. The van der Waals surface area contributed by atoms with Crippen LogP contribution in [0.1, 0.15) is 12.0 Å². The summed E-state index contributed by atoms with van der Waals surface area (Å²) < 4.78 is 0. The Labute approximate surface area is 69.8 Å². The topological polar surface area (TPSA) is 37.3 Å². The SMILES string of the molecule is O=c1ccccc(C2=CC2)c1O. The molecule has 1 aromatic rings. The summed E-state index contributed by atoms with van der Waals surface area (Å²) in [5, 5.41) is 9.41. The molecule has 0 aliphatic heterocycles. The first kappa shape index (κ1) is 7.10. The van der Waals surface area contributed by atoms with Gasteiger partial charge in [0, 0.05) is 5.56 Å². The lowest BCUT2D eigenvalue weighted by molar-refractivity contribution is 0.469. The summed E-state index contributed by atoms with van der Waals surface area (Å²) in [5.41, 5.74) is 1.41. The van der Waals surface area contributed by atoms with Gasteiger partial charge in [0.15, 0.2) is 5.75 Å². The molecule has 1 aromatic carbocycles. The Morgan fingerprint density at radius 2 is 1.92 bits per heavy atom. The quantitative estimate of drug-likeness (QED) is 0.676. The fourth-order valence-electron chi connectivity index (χ4n) is 1.12. The summed E-state index contributed by atoms with van der Waals surface area (Å²) >= 11 is 0. The molecule has 1 aliphatic rings. The van der Waals surface area contributed by atoms with Crippen LogP contribution in [0.25, 0.3) is 5.57 Å². The fourth-order valence-corrected chi connectivity index (χ4v) is 1.12. The average molecular weight is 160 g/mol. The Bertz CT molecular complexity index is 405. The number of aromatic hydroxyl groups is 1. The van der Waals surface area contributed by atoms with Crippen LogP contribution in [0.2, 0.25) is 0 Å². The van der Waals surface area contributed by atoms with Crippen LogP contribution in [-0.4, -0.2) is 5.11 Å². The van der Waals surface area contributed by atoms with Crippen molar-refractivity contribution >= 4 is 5.57 Å². The van der Waals surface area contributed by atoms with E-state index in [0.29, 0.717) is 5.56 Å². The zero-order valence-electron chi connectivity index (χ0n) is 6.45. The molecule has 2 rings (SSSR count). The summed E-state index contributed by atoms with van der Waals surface area (Å²) in [4.78, 5) is 11.1. The number of hydrogen-bond acceptors (Lipinski definition) is 2. The standard InChI is InChI=1S/C10H8O2/c11-9-4-2-1-3-8(10(9)12)7-5-6-7/h1-5H,6H2,(H,11,12). The summed E-state index contributed by atoms with van der Waals surface area (Å²) in [6, 6.07) is 6.52. The van der Waals surface area contributed by atoms with Crippen LogP contribution in [0.5, 0.6) is 5.75 Å². The van der Waals surface area contributed by atoms with Gasteiger partial charge in [-0.05, 0) is 18.1 Å². The van der Waals surface area contributed by atoms with Gasteiger partial charge in [0.05, 0.1) is 0 Å². The average Bonchev–Trinajstić information content (AvgIpc) is 2.84. The molecule has 0 saturated heterocycles. The highest BCUT2D eigenvalue weighted by Crippen LogP contribution is 2.33. The number of allylic oxidation sites excluding steroid dienone is 2. The first-order valence-electron chi connectivity index (χ1n) is 3.81. The van der Waals surface area contributed by atoms with Gasteiger partial charge in [-0.3, -0.25) is 4.79 Å². The van der Waals surface area contributed by atoms with E-state index < -0.39 is 0 Å². The van der Waals surface area contributed by atoms with Gasteiger partial charge in [0.2, 0.25) is 5.43 Å². The maximum absolute atomic E-state index is 11.1. The van der Waals surface area contributed by atoms with Gasteiger partial charge in [-0.2, -0.15) is 0 Å². The highest BCUT2D eigenvalue weighted by molar-refractivity contribution is 5.80. The Morgan fingerprint density at radius 1 is 1.25 bits per heavy atom. The lowest BCUT2D eigenvalue weighted by atomic mass is 10.2. The fraction of sp³-hybridized carbons (Fsp3) is 0.100. The second-order valence-electron chi connectivity index (χ2n) is 2.78. The lowest BCUT2D eigenvalue weighted by Gasteiger charge is -1.91. The van der Waals surface area contributed by atoms with Crippen LogP contribution in [0.3, 0.4) is 0 Å². The molecule has 0 fully saturated rings. The van der Waals surface area contributed by atoms with Crippen molar-refractivity contribution in [1.82, 2.24) is 0 Å². The molecule has 1 N–H and O–H groups in total. The van der Waals surface area contributed by atoms with E-state index in [4.69, 9.17) is 0 Å². The van der Waals surface area contributed by atoms with Crippen LogP contribution in [-0.2, 0) is 0 Å². The molecule has 0 unspecified atom stereocenters. The zero-order chi connectivity index (χ0) is 8.55. The second-order valence-corrected chi connectivity index (χ2v) is 2.78. The van der Waals surface area contributed by atoms with Gasteiger partial charge >= 0.3 is 0 Å². The lowest BCUT2D eigenvalue weighted by Crippen LogP contribution is -1.94. The Morgan fingerprint density at radius 3 is 2.58 bits per heavy atom. The van der Waals surface area contributed by atoms with E-state index in [0.717, 1.165) is 12.0 Å². The molecule has 0 saturated carbocycles. The third-order valence-corrected chi connectivity index (χ3v) is 1.86. The van der Waals surface area contributed by atoms with E-state index in [-0.39, 0.29) is 11.2 Å². The normalized spacial score (nSPS) is 13.8. The Balaban J connectivity index is 2.70. The van der Waals surface area contributed by atoms with Crippen LogP contribution in [0.15, 0.2) is 35.1 Å². The molecular formula is C10H8O2. The van der Waals surface area contributed by atoms with Crippen molar-refractivity contribution in [3.8, 4) is 5.75 Å². The highest BCUT2D eigenvalue weighted by atomic mass is 16.3. The summed E-state index contributed by atoms with van der Waals surface area (Å²) in [5.74, 6) is -0.135. The minimum absolute atomic E-state index is 0.135. The van der Waals surface area contributed by atoms with Gasteiger partial charge in [-0.1, -0.05) is 24.3 Å². The third kappa shape index (κ3) is 1.11. The van der Waals surface area contributed by atoms with Crippen LogP contribution >= 0.6 is 0 Å². The second kappa shape index (κ2) is 2.48. The molecule has 0 aromatic heterocycles. The molecule has 0 amide bonds. The number of rotatable bonds is 1. The molecule has 0 heterocycles. The van der Waals surface area contributed by atoms with Crippen molar-refractivity contribution in [1.29, 1.82) is 0 Å². The van der Waals surface area contributed by atoms with Gasteiger partial charge in [0.1, 0.15) is 0 Å². The maximum Gasteiger partial charge on any atom is 0.220 e. The molecule has 0 bridgehead atoms. The first-order valence-corrected chi connectivity index (χ1v) is 3.81. The summed E-state index contributed by atoms with van der Waals surface area (Å²) in [6.07, 6.45) is 2.87. The summed E-state index contributed by atoms with van der Waals surface area (Å²) in [6.45, 7) is 0. The van der Waals surface area contributed by atoms with Crippen molar-refractivity contribution in [3.05, 3.63) is 46.1 Å². The number of hydrogen-bond donors (Lipinski definition) is 1. The Kier molecular flexibility index (Phi) is 1.47. The van der Waals surface area contributed by atoms with Crippen LogP contribution in [0.4, 0.5) is 0 Å². The van der Waals surface area contributed by atoms with Crippen molar-refractivity contribution in [2.75, 3.05) is 0 Å². The molecule has 2 heteroatoms.